The highest BCUT2D eigenvalue weighted by Crippen LogP contribution is 2.25. The normalized spacial score (nSPS) is 13.4. The first-order chi connectivity index (χ1) is 7.52. The standard InChI is InChI=1S/C13H25N3/c1-7-12(14-8-2)13-10(5)15-16(9(3)4)11(13)6/h9,12,14H,7-8H2,1-6H3. The second kappa shape index (κ2) is 5.48. The summed E-state index contributed by atoms with van der Waals surface area (Å²) in [6.45, 7) is 14.0. The van der Waals surface area contributed by atoms with Crippen molar-refractivity contribution in [3.05, 3.63) is 17.0 Å². The second-order valence-corrected chi connectivity index (χ2v) is 4.64. The van der Waals surface area contributed by atoms with Crippen molar-refractivity contribution in [1.29, 1.82) is 0 Å². The van der Waals surface area contributed by atoms with E-state index in [1.165, 1.54) is 17.0 Å². The molecular formula is C13H25N3. The molecule has 92 valence electrons. The van der Waals surface area contributed by atoms with Crippen LogP contribution in [0.5, 0.6) is 0 Å². The number of aromatic nitrogens is 2. The zero-order valence-electron chi connectivity index (χ0n) is 11.5. The van der Waals surface area contributed by atoms with Gasteiger partial charge in [-0.3, -0.25) is 4.68 Å². The van der Waals surface area contributed by atoms with Crippen LogP contribution in [0.3, 0.4) is 0 Å². The van der Waals surface area contributed by atoms with Gasteiger partial charge in [-0.2, -0.15) is 5.10 Å². The maximum atomic E-state index is 4.64. The summed E-state index contributed by atoms with van der Waals surface area (Å²) in [5, 5.41) is 8.17. The van der Waals surface area contributed by atoms with Gasteiger partial charge >= 0.3 is 0 Å². The van der Waals surface area contributed by atoms with E-state index >= 15 is 0 Å². The molecule has 1 heterocycles. The third kappa shape index (κ3) is 2.46. The summed E-state index contributed by atoms with van der Waals surface area (Å²) in [4.78, 5) is 0. The van der Waals surface area contributed by atoms with E-state index in [4.69, 9.17) is 0 Å². The quantitative estimate of drug-likeness (QED) is 0.831. The molecule has 0 saturated carbocycles. The molecule has 0 aliphatic carbocycles. The fourth-order valence-electron chi connectivity index (χ4n) is 2.38. The van der Waals surface area contributed by atoms with E-state index in [-0.39, 0.29) is 0 Å². The molecule has 0 aliphatic rings. The Morgan fingerprint density at radius 2 is 1.88 bits per heavy atom. The van der Waals surface area contributed by atoms with E-state index < -0.39 is 0 Å². The molecule has 0 spiro atoms. The van der Waals surface area contributed by atoms with Crippen molar-refractivity contribution >= 4 is 0 Å². The molecule has 0 aromatic carbocycles. The van der Waals surface area contributed by atoms with Crippen molar-refractivity contribution in [3.8, 4) is 0 Å². The summed E-state index contributed by atoms with van der Waals surface area (Å²) in [5.41, 5.74) is 3.86. The molecule has 0 radical (unpaired) electrons. The van der Waals surface area contributed by atoms with Crippen molar-refractivity contribution < 1.29 is 0 Å². The van der Waals surface area contributed by atoms with Crippen LogP contribution in [0.25, 0.3) is 0 Å². The summed E-state index contributed by atoms with van der Waals surface area (Å²) >= 11 is 0. The van der Waals surface area contributed by atoms with Gasteiger partial charge in [-0.1, -0.05) is 13.8 Å². The van der Waals surface area contributed by atoms with Crippen molar-refractivity contribution in [1.82, 2.24) is 15.1 Å². The Hall–Kier alpha value is -0.830. The average molecular weight is 223 g/mol. The van der Waals surface area contributed by atoms with E-state index in [1.807, 2.05) is 0 Å². The fraction of sp³-hybridized carbons (Fsp3) is 0.769. The van der Waals surface area contributed by atoms with Gasteiger partial charge in [-0.05, 0) is 40.7 Å². The molecule has 0 aliphatic heterocycles. The summed E-state index contributed by atoms with van der Waals surface area (Å²) < 4.78 is 2.13. The minimum absolute atomic E-state index is 0.437. The molecular weight excluding hydrogens is 198 g/mol. The number of nitrogens with zero attached hydrogens (tertiary/aromatic N) is 2. The fourth-order valence-corrected chi connectivity index (χ4v) is 2.38. The first-order valence-electron chi connectivity index (χ1n) is 6.31. The molecule has 0 bridgehead atoms. The summed E-state index contributed by atoms with van der Waals surface area (Å²) in [5.74, 6) is 0. The van der Waals surface area contributed by atoms with Crippen LogP contribution in [0.2, 0.25) is 0 Å². The lowest BCUT2D eigenvalue weighted by Crippen LogP contribution is -2.21. The largest absolute Gasteiger partial charge is 0.310 e. The average Bonchev–Trinajstić information content (AvgIpc) is 2.52. The lowest BCUT2D eigenvalue weighted by Gasteiger charge is -2.17. The molecule has 1 aromatic heterocycles. The van der Waals surface area contributed by atoms with E-state index in [1.54, 1.807) is 0 Å². The van der Waals surface area contributed by atoms with Gasteiger partial charge < -0.3 is 5.32 Å². The number of rotatable bonds is 5. The van der Waals surface area contributed by atoms with Crippen LogP contribution in [0.15, 0.2) is 0 Å². The molecule has 0 amide bonds. The van der Waals surface area contributed by atoms with Crippen LogP contribution in [-0.4, -0.2) is 16.3 Å². The molecule has 16 heavy (non-hydrogen) atoms. The Morgan fingerprint density at radius 1 is 1.25 bits per heavy atom. The summed E-state index contributed by atoms with van der Waals surface area (Å²) in [7, 11) is 0. The van der Waals surface area contributed by atoms with Gasteiger partial charge in [0.05, 0.1) is 5.69 Å². The molecule has 1 N–H and O–H groups in total. The topological polar surface area (TPSA) is 29.9 Å². The van der Waals surface area contributed by atoms with Crippen molar-refractivity contribution in [3.63, 3.8) is 0 Å². The summed E-state index contributed by atoms with van der Waals surface area (Å²) in [6, 6.07) is 0.879. The monoisotopic (exact) mass is 223 g/mol. The highest BCUT2D eigenvalue weighted by molar-refractivity contribution is 5.28. The zero-order valence-corrected chi connectivity index (χ0v) is 11.5. The van der Waals surface area contributed by atoms with E-state index in [0.717, 1.165) is 13.0 Å². The summed E-state index contributed by atoms with van der Waals surface area (Å²) in [6.07, 6.45) is 1.11. The van der Waals surface area contributed by atoms with Gasteiger partial charge in [0.1, 0.15) is 0 Å². The zero-order chi connectivity index (χ0) is 12.3. The van der Waals surface area contributed by atoms with Gasteiger partial charge in [0, 0.05) is 23.3 Å². The van der Waals surface area contributed by atoms with Crippen molar-refractivity contribution in [2.24, 2.45) is 0 Å². The van der Waals surface area contributed by atoms with Crippen LogP contribution in [0.4, 0.5) is 0 Å². The molecule has 0 fully saturated rings. The van der Waals surface area contributed by atoms with E-state index in [9.17, 15) is 0 Å². The Labute approximate surface area is 99.2 Å². The first-order valence-corrected chi connectivity index (χ1v) is 6.31. The Morgan fingerprint density at radius 3 is 2.25 bits per heavy atom. The van der Waals surface area contributed by atoms with Gasteiger partial charge in [-0.15, -0.1) is 0 Å². The highest BCUT2D eigenvalue weighted by Gasteiger charge is 2.19. The van der Waals surface area contributed by atoms with Crippen LogP contribution in [0.1, 0.15) is 63.2 Å². The van der Waals surface area contributed by atoms with Crippen molar-refractivity contribution in [2.45, 2.75) is 60.0 Å². The number of hydrogen-bond donors (Lipinski definition) is 1. The Balaban J connectivity index is 3.11. The predicted octanol–water partition coefficient (Wildman–Crippen LogP) is 3.14. The minimum atomic E-state index is 0.437. The van der Waals surface area contributed by atoms with Gasteiger partial charge in [0.25, 0.3) is 0 Å². The Kier molecular flexibility index (Phi) is 4.54. The van der Waals surface area contributed by atoms with Crippen molar-refractivity contribution in [2.75, 3.05) is 6.54 Å². The van der Waals surface area contributed by atoms with E-state index in [0.29, 0.717) is 12.1 Å². The lowest BCUT2D eigenvalue weighted by atomic mass is 10.0. The van der Waals surface area contributed by atoms with Crippen LogP contribution < -0.4 is 5.32 Å². The third-order valence-electron chi connectivity index (χ3n) is 3.08. The van der Waals surface area contributed by atoms with Crippen LogP contribution >= 0.6 is 0 Å². The van der Waals surface area contributed by atoms with Gasteiger partial charge in [0.2, 0.25) is 0 Å². The maximum Gasteiger partial charge on any atom is 0.0644 e. The van der Waals surface area contributed by atoms with E-state index in [2.05, 4.69) is 56.6 Å². The minimum Gasteiger partial charge on any atom is -0.310 e. The molecule has 1 unspecified atom stereocenters. The van der Waals surface area contributed by atoms with Crippen LogP contribution in [0, 0.1) is 13.8 Å². The highest BCUT2D eigenvalue weighted by atomic mass is 15.3. The molecule has 1 aromatic rings. The third-order valence-corrected chi connectivity index (χ3v) is 3.08. The Bertz CT molecular complexity index is 339. The maximum absolute atomic E-state index is 4.64. The predicted molar refractivity (Wildman–Crippen MR) is 68.8 cm³/mol. The number of hydrogen-bond acceptors (Lipinski definition) is 2. The second-order valence-electron chi connectivity index (χ2n) is 4.64. The first kappa shape index (κ1) is 13.2. The smallest absolute Gasteiger partial charge is 0.0644 e. The molecule has 3 heteroatoms. The molecule has 1 rings (SSSR count). The molecule has 3 nitrogen and oxygen atoms in total. The van der Waals surface area contributed by atoms with Gasteiger partial charge in [0.15, 0.2) is 0 Å². The molecule has 1 atom stereocenters. The SMILES string of the molecule is CCNC(CC)c1c(C)nn(C(C)C)c1C. The van der Waals surface area contributed by atoms with Gasteiger partial charge in [-0.25, -0.2) is 0 Å². The molecule has 0 saturated heterocycles. The number of aryl methyl sites for hydroxylation is 1. The van der Waals surface area contributed by atoms with Crippen LogP contribution in [-0.2, 0) is 0 Å². The number of nitrogens with one attached hydrogen (secondary N) is 1. The lowest BCUT2D eigenvalue weighted by molar-refractivity contribution is 0.507.